The molecule has 2 saturated carbocycles. The number of likely N-dealkylation sites (N-methyl/N-ethyl adjacent to an activating group) is 1. The van der Waals surface area contributed by atoms with Gasteiger partial charge in [0.1, 0.15) is 16.8 Å². The normalized spacial score (nSPS) is 17.2. The molecular weight excluding hydrogens is 434 g/mol. The molecule has 0 unspecified atom stereocenters. The van der Waals surface area contributed by atoms with Gasteiger partial charge in [-0.1, -0.05) is 55.8 Å². The molecule has 2 aliphatic rings. The predicted octanol–water partition coefficient (Wildman–Crippen LogP) is 5.21. The first-order valence-corrected chi connectivity index (χ1v) is 12.8. The van der Waals surface area contributed by atoms with E-state index in [0.717, 1.165) is 36.6 Å². The Balaban J connectivity index is 1.31. The highest BCUT2D eigenvalue weighted by Crippen LogP contribution is 2.24. The van der Waals surface area contributed by atoms with E-state index in [1.165, 1.54) is 44.9 Å². The van der Waals surface area contributed by atoms with Gasteiger partial charge in [-0.15, -0.1) is 0 Å². The molecule has 7 heteroatoms. The highest BCUT2D eigenvalue weighted by molar-refractivity contribution is 6.29. The van der Waals surface area contributed by atoms with E-state index in [1.54, 1.807) is 6.07 Å². The molecular formula is C26H36ClN5O. The van der Waals surface area contributed by atoms with E-state index in [9.17, 15) is 4.79 Å². The zero-order valence-corrected chi connectivity index (χ0v) is 20.4. The van der Waals surface area contributed by atoms with E-state index in [1.807, 2.05) is 11.9 Å². The fourth-order valence-electron chi connectivity index (χ4n) is 4.94. The highest BCUT2D eigenvalue weighted by Gasteiger charge is 2.19. The number of carbonyl (C=O) groups is 1. The third-order valence-corrected chi connectivity index (χ3v) is 7.05. The largest absolute Gasteiger partial charge is 0.385 e. The van der Waals surface area contributed by atoms with Crippen LogP contribution in [0.15, 0.2) is 30.3 Å². The molecule has 4 rings (SSSR count). The van der Waals surface area contributed by atoms with Gasteiger partial charge in [-0.25, -0.2) is 9.97 Å². The molecule has 0 radical (unpaired) electrons. The van der Waals surface area contributed by atoms with Crippen LogP contribution in [0.4, 0.5) is 11.5 Å². The smallest absolute Gasteiger partial charge is 0.239 e. The van der Waals surface area contributed by atoms with Gasteiger partial charge in [-0.3, -0.25) is 4.79 Å². The Morgan fingerprint density at radius 3 is 2.45 bits per heavy atom. The van der Waals surface area contributed by atoms with Crippen LogP contribution < -0.4 is 15.5 Å². The Morgan fingerprint density at radius 2 is 1.73 bits per heavy atom. The maximum Gasteiger partial charge on any atom is 0.239 e. The number of anilines is 2. The molecule has 0 atom stereocenters. The van der Waals surface area contributed by atoms with Crippen LogP contribution in [0.3, 0.4) is 0 Å². The fourth-order valence-corrected chi connectivity index (χ4v) is 5.14. The van der Waals surface area contributed by atoms with E-state index < -0.39 is 0 Å². The van der Waals surface area contributed by atoms with Crippen molar-refractivity contribution in [3.8, 4) is 0 Å². The summed E-state index contributed by atoms with van der Waals surface area (Å²) < 4.78 is 0. The molecule has 2 N–H and O–H groups in total. The maximum absolute atomic E-state index is 12.4. The predicted molar refractivity (Wildman–Crippen MR) is 135 cm³/mol. The number of carbonyl (C=O) groups excluding carboxylic acids is 1. The summed E-state index contributed by atoms with van der Waals surface area (Å²) in [6.45, 7) is 1.31. The number of amides is 1. The molecule has 1 heterocycles. The summed E-state index contributed by atoms with van der Waals surface area (Å²) in [5.41, 5.74) is 2.29. The lowest BCUT2D eigenvalue weighted by Crippen LogP contribution is -2.40. The minimum Gasteiger partial charge on any atom is -0.385 e. The van der Waals surface area contributed by atoms with Crippen LogP contribution in [0.5, 0.6) is 0 Å². The maximum atomic E-state index is 12.4. The van der Waals surface area contributed by atoms with Gasteiger partial charge in [0.05, 0.1) is 6.54 Å². The standard InChI is InChI=1S/C26H36ClN5O/c1-32(18-26(33)29-22-9-5-6-10-22)25-16-23(27)30-24(31-25)15-19-11-13-21(14-12-19)28-17-20-7-3-2-4-8-20/h11-14,16,20,22,28H,2-10,15,17-18H2,1H3,(H,29,33). The van der Waals surface area contributed by atoms with Crippen molar-refractivity contribution in [3.63, 3.8) is 0 Å². The van der Waals surface area contributed by atoms with Crippen molar-refractivity contribution in [2.75, 3.05) is 30.4 Å². The quantitative estimate of drug-likeness (QED) is 0.493. The molecule has 2 aliphatic carbocycles. The van der Waals surface area contributed by atoms with Gasteiger partial charge >= 0.3 is 0 Å². The summed E-state index contributed by atoms with van der Waals surface area (Å²) in [6, 6.07) is 10.5. The number of benzene rings is 1. The zero-order valence-electron chi connectivity index (χ0n) is 19.7. The Labute approximate surface area is 202 Å². The summed E-state index contributed by atoms with van der Waals surface area (Å²) in [5.74, 6) is 2.15. The van der Waals surface area contributed by atoms with Crippen molar-refractivity contribution in [1.82, 2.24) is 15.3 Å². The topological polar surface area (TPSA) is 70.2 Å². The van der Waals surface area contributed by atoms with Crippen molar-refractivity contribution in [2.45, 2.75) is 70.3 Å². The first-order chi connectivity index (χ1) is 16.0. The van der Waals surface area contributed by atoms with Crippen LogP contribution >= 0.6 is 11.6 Å². The molecule has 2 fully saturated rings. The Kier molecular flexibility index (Phi) is 8.43. The van der Waals surface area contributed by atoms with Crippen molar-refractivity contribution in [3.05, 3.63) is 46.9 Å². The Hall–Kier alpha value is -2.34. The van der Waals surface area contributed by atoms with Gasteiger partial charge in [0.15, 0.2) is 0 Å². The first-order valence-electron chi connectivity index (χ1n) is 12.4. The second-order valence-corrected chi connectivity index (χ2v) is 10.0. The van der Waals surface area contributed by atoms with E-state index in [-0.39, 0.29) is 12.5 Å². The second kappa shape index (κ2) is 11.7. The number of rotatable bonds is 9. The number of nitrogens with one attached hydrogen (secondary N) is 2. The van der Waals surface area contributed by atoms with Gasteiger partial charge in [0.25, 0.3) is 0 Å². The van der Waals surface area contributed by atoms with Gasteiger partial charge in [-0.2, -0.15) is 0 Å². The second-order valence-electron chi connectivity index (χ2n) is 9.63. The lowest BCUT2D eigenvalue weighted by atomic mass is 9.89. The molecule has 0 bridgehead atoms. The summed E-state index contributed by atoms with van der Waals surface area (Å²) >= 11 is 6.29. The van der Waals surface area contributed by atoms with Crippen LogP contribution in [0.25, 0.3) is 0 Å². The molecule has 0 saturated heterocycles. The number of aromatic nitrogens is 2. The number of hydrogen-bond donors (Lipinski definition) is 2. The summed E-state index contributed by atoms with van der Waals surface area (Å²) in [6.07, 6.45) is 12.0. The van der Waals surface area contributed by atoms with Gasteiger partial charge in [0, 0.05) is 37.8 Å². The third kappa shape index (κ3) is 7.32. The zero-order chi connectivity index (χ0) is 23.0. The number of nitrogens with zero attached hydrogens (tertiary/aromatic N) is 3. The summed E-state index contributed by atoms with van der Waals surface area (Å²) in [4.78, 5) is 23.3. The number of hydrogen-bond acceptors (Lipinski definition) is 5. The Bertz CT molecular complexity index is 907. The molecule has 33 heavy (non-hydrogen) atoms. The average molecular weight is 470 g/mol. The minimum absolute atomic E-state index is 0.0250. The average Bonchev–Trinajstić information content (AvgIpc) is 3.32. The van der Waals surface area contributed by atoms with Crippen molar-refractivity contribution >= 4 is 29.0 Å². The van der Waals surface area contributed by atoms with Crippen LogP contribution in [0.1, 0.15) is 69.2 Å². The summed E-state index contributed by atoms with van der Waals surface area (Å²) in [7, 11) is 1.86. The molecule has 6 nitrogen and oxygen atoms in total. The van der Waals surface area contributed by atoms with E-state index >= 15 is 0 Å². The molecule has 2 aromatic rings. The molecule has 1 aromatic carbocycles. The monoisotopic (exact) mass is 469 g/mol. The lowest BCUT2D eigenvalue weighted by Gasteiger charge is -2.22. The minimum atomic E-state index is 0.0250. The molecule has 178 valence electrons. The third-order valence-electron chi connectivity index (χ3n) is 6.86. The lowest BCUT2D eigenvalue weighted by molar-refractivity contribution is -0.120. The number of halogens is 1. The van der Waals surface area contributed by atoms with Gasteiger partial charge in [-0.05, 0) is 49.3 Å². The molecule has 1 aromatic heterocycles. The van der Waals surface area contributed by atoms with E-state index in [2.05, 4.69) is 44.9 Å². The van der Waals surface area contributed by atoms with Crippen LogP contribution in [-0.2, 0) is 11.2 Å². The van der Waals surface area contributed by atoms with Crippen molar-refractivity contribution in [2.24, 2.45) is 5.92 Å². The Morgan fingerprint density at radius 1 is 1.03 bits per heavy atom. The molecule has 1 amide bonds. The van der Waals surface area contributed by atoms with E-state index in [0.29, 0.717) is 29.3 Å². The van der Waals surface area contributed by atoms with Crippen molar-refractivity contribution in [1.29, 1.82) is 0 Å². The van der Waals surface area contributed by atoms with Crippen LogP contribution in [0, 0.1) is 5.92 Å². The molecule has 0 aliphatic heterocycles. The SMILES string of the molecule is CN(CC(=O)NC1CCCC1)c1cc(Cl)nc(Cc2ccc(NCC3CCCCC3)cc2)n1. The fraction of sp³-hybridized carbons (Fsp3) is 0.577. The highest BCUT2D eigenvalue weighted by atomic mass is 35.5. The first kappa shape index (κ1) is 23.8. The summed E-state index contributed by atoms with van der Waals surface area (Å²) in [5, 5.41) is 7.10. The van der Waals surface area contributed by atoms with E-state index in [4.69, 9.17) is 11.6 Å². The van der Waals surface area contributed by atoms with Gasteiger partial charge < -0.3 is 15.5 Å². The van der Waals surface area contributed by atoms with Crippen LogP contribution in [-0.4, -0.2) is 42.1 Å². The van der Waals surface area contributed by atoms with Crippen molar-refractivity contribution < 1.29 is 4.79 Å². The van der Waals surface area contributed by atoms with Crippen LogP contribution in [0.2, 0.25) is 5.15 Å². The van der Waals surface area contributed by atoms with Gasteiger partial charge in [0.2, 0.25) is 5.91 Å². The molecule has 0 spiro atoms.